The van der Waals surface area contributed by atoms with Crippen molar-refractivity contribution in [3.63, 3.8) is 0 Å². The van der Waals surface area contributed by atoms with Crippen molar-refractivity contribution in [3.8, 4) is 11.5 Å². The average molecular weight is 529 g/mol. The van der Waals surface area contributed by atoms with Crippen LogP contribution in [-0.4, -0.2) is 54.5 Å². The number of carbonyl (C=O) groups excluding carboxylic acids is 3. The maximum absolute atomic E-state index is 13.0. The smallest absolute Gasteiger partial charge is 0.352 e. The summed E-state index contributed by atoms with van der Waals surface area (Å²) in [5.41, 5.74) is 0.345. The summed E-state index contributed by atoms with van der Waals surface area (Å²) < 4.78 is 28.1. The molecule has 1 N–H and O–H groups in total. The summed E-state index contributed by atoms with van der Waals surface area (Å²) >= 11 is 0. The van der Waals surface area contributed by atoms with Crippen molar-refractivity contribution in [2.75, 3.05) is 13.7 Å². The molecule has 0 saturated heterocycles. The van der Waals surface area contributed by atoms with E-state index in [1.807, 2.05) is 26.0 Å². The Labute approximate surface area is 222 Å². The molecule has 5 rings (SSSR count). The molecule has 206 valence electrons. The summed E-state index contributed by atoms with van der Waals surface area (Å²) in [5, 5.41) is 12.1. The summed E-state index contributed by atoms with van der Waals surface area (Å²) in [6.07, 6.45) is 3.18. The minimum atomic E-state index is -1.19. The third-order valence-electron chi connectivity index (χ3n) is 8.44. The molecular weight excluding hydrogens is 492 g/mol. The van der Waals surface area contributed by atoms with Crippen LogP contribution in [0.3, 0.4) is 0 Å². The molecule has 1 saturated carbocycles. The largest absolute Gasteiger partial charge is 0.493 e. The Kier molecular flexibility index (Phi) is 6.92. The van der Waals surface area contributed by atoms with Crippen molar-refractivity contribution in [1.29, 1.82) is 0 Å². The van der Waals surface area contributed by atoms with Crippen LogP contribution in [-0.2, 0) is 40.4 Å². The van der Waals surface area contributed by atoms with Crippen LogP contribution in [0.4, 0.5) is 0 Å². The van der Waals surface area contributed by atoms with Gasteiger partial charge in [-0.25, -0.2) is 4.79 Å². The molecule has 1 fully saturated rings. The number of hydrogen-bond acceptors (Lipinski definition) is 9. The van der Waals surface area contributed by atoms with E-state index < -0.39 is 41.1 Å². The average Bonchev–Trinajstić information content (AvgIpc) is 3.22. The third-order valence-corrected chi connectivity index (χ3v) is 8.44. The van der Waals surface area contributed by atoms with Gasteiger partial charge in [-0.05, 0) is 62.1 Å². The van der Waals surface area contributed by atoms with Gasteiger partial charge in [0, 0.05) is 5.56 Å². The number of ether oxygens (including phenoxy) is 5. The van der Waals surface area contributed by atoms with E-state index in [1.54, 1.807) is 13.2 Å². The Morgan fingerprint density at radius 2 is 1.92 bits per heavy atom. The van der Waals surface area contributed by atoms with Crippen molar-refractivity contribution in [2.24, 2.45) is 11.8 Å². The topological polar surface area (TPSA) is 118 Å². The second-order valence-corrected chi connectivity index (χ2v) is 11.3. The van der Waals surface area contributed by atoms with Gasteiger partial charge in [-0.1, -0.05) is 26.3 Å². The molecule has 0 radical (unpaired) electrons. The molecule has 38 heavy (non-hydrogen) atoms. The molecule has 1 aromatic rings. The van der Waals surface area contributed by atoms with Crippen molar-refractivity contribution in [1.82, 2.24) is 0 Å². The number of benzene rings is 1. The van der Waals surface area contributed by atoms with Crippen molar-refractivity contribution in [3.05, 3.63) is 35.1 Å². The van der Waals surface area contributed by atoms with Gasteiger partial charge in [0.2, 0.25) is 0 Å². The second kappa shape index (κ2) is 9.91. The maximum Gasteiger partial charge on any atom is 0.352 e. The quantitative estimate of drug-likeness (QED) is 0.379. The molecule has 1 aromatic carbocycles. The highest BCUT2D eigenvalue weighted by molar-refractivity contribution is 5.82. The molecule has 2 bridgehead atoms. The van der Waals surface area contributed by atoms with E-state index >= 15 is 0 Å². The fraction of sp³-hybridized carbons (Fsp3) is 0.621. The fourth-order valence-corrected chi connectivity index (χ4v) is 6.72. The number of carbonyl (C=O) groups is 3. The van der Waals surface area contributed by atoms with E-state index in [-0.39, 0.29) is 31.3 Å². The first-order chi connectivity index (χ1) is 18.1. The van der Waals surface area contributed by atoms with Gasteiger partial charge in [-0.3, -0.25) is 9.59 Å². The fourth-order valence-electron chi connectivity index (χ4n) is 6.72. The molecule has 0 amide bonds. The maximum atomic E-state index is 13.0. The molecule has 1 spiro atoms. The van der Waals surface area contributed by atoms with E-state index in [9.17, 15) is 19.5 Å². The zero-order valence-corrected chi connectivity index (χ0v) is 22.4. The van der Waals surface area contributed by atoms with Gasteiger partial charge in [0.15, 0.2) is 23.7 Å². The van der Waals surface area contributed by atoms with Crippen molar-refractivity contribution < 1.29 is 43.2 Å². The minimum absolute atomic E-state index is 0.0785. The number of hydrogen-bond donors (Lipinski definition) is 1. The molecule has 3 aliphatic carbocycles. The zero-order chi connectivity index (χ0) is 27.2. The Morgan fingerprint density at radius 3 is 2.66 bits per heavy atom. The zero-order valence-electron chi connectivity index (χ0n) is 22.4. The Balaban J connectivity index is 1.30. The third kappa shape index (κ3) is 4.15. The van der Waals surface area contributed by atoms with Crippen molar-refractivity contribution >= 4 is 17.9 Å². The number of methoxy groups -OCH3 is 1. The van der Waals surface area contributed by atoms with Gasteiger partial charge in [0.1, 0.15) is 5.76 Å². The summed E-state index contributed by atoms with van der Waals surface area (Å²) in [5.74, 6) is -0.160. The van der Waals surface area contributed by atoms with Crippen LogP contribution in [0.5, 0.6) is 11.5 Å². The molecule has 1 heterocycles. The van der Waals surface area contributed by atoms with Crippen LogP contribution in [0.1, 0.15) is 70.4 Å². The predicted octanol–water partition coefficient (Wildman–Crippen LogP) is 3.52. The Bertz CT molecular complexity index is 1170. The van der Waals surface area contributed by atoms with Crippen molar-refractivity contribution in [2.45, 2.75) is 88.9 Å². The number of aliphatic hydroxyl groups is 1. The number of esters is 3. The van der Waals surface area contributed by atoms with E-state index in [0.29, 0.717) is 30.1 Å². The van der Waals surface area contributed by atoms with Crippen LogP contribution >= 0.6 is 0 Å². The van der Waals surface area contributed by atoms with E-state index in [4.69, 9.17) is 23.7 Å². The predicted molar refractivity (Wildman–Crippen MR) is 134 cm³/mol. The van der Waals surface area contributed by atoms with Crippen LogP contribution < -0.4 is 9.47 Å². The van der Waals surface area contributed by atoms with E-state index in [2.05, 4.69) is 0 Å². The SMILES string of the molecule is COc1ccc2c3c1O[C@H]1C(OC(=O)[C@H](C)OC(=O)CCC(=O)OCC(C)C)=CC[C@@]4(O)[C@H](CCC[C@]314)C2. The lowest BCUT2D eigenvalue weighted by molar-refractivity contribution is -0.171. The van der Waals surface area contributed by atoms with Crippen LogP contribution in [0, 0.1) is 11.8 Å². The summed E-state index contributed by atoms with van der Waals surface area (Å²) in [7, 11) is 1.58. The first-order valence-electron chi connectivity index (χ1n) is 13.5. The Hall–Kier alpha value is -3.07. The van der Waals surface area contributed by atoms with Crippen LogP contribution in [0.25, 0.3) is 0 Å². The highest BCUT2D eigenvalue weighted by Crippen LogP contribution is 2.67. The van der Waals surface area contributed by atoms with Gasteiger partial charge in [-0.15, -0.1) is 0 Å². The first kappa shape index (κ1) is 26.5. The first-order valence-corrected chi connectivity index (χ1v) is 13.5. The summed E-state index contributed by atoms with van der Waals surface area (Å²) in [6.45, 7) is 5.55. The lowest BCUT2D eigenvalue weighted by Gasteiger charge is -2.59. The molecule has 0 unspecified atom stereocenters. The molecule has 9 nitrogen and oxygen atoms in total. The van der Waals surface area contributed by atoms with Gasteiger partial charge in [-0.2, -0.15) is 0 Å². The Morgan fingerprint density at radius 1 is 1.16 bits per heavy atom. The molecule has 9 heteroatoms. The van der Waals surface area contributed by atoms with Crippen LogP contribution in [0.15, 0.2) is 24.0 Å². The summed E-state index contributed by atoms with van der Waals surface area (Å²) in [4.78, 5) is 37.0. The van der Waals surface area contributed by atoms with Crippen LogP contribution in [0.2, 0.25) is 0 Å². The highest BCUT2D eigenvalue weighted by atomic mass is 16.6. The van der Waals surface area contributed by atoms with Gasteiger partial charge in [0.05, 0.1) is 37.6 Å². The lowest BCUT2D eigenvalue weighted by atomic mass is 9.47. The molecule has 4 aliphatic rings. The normalized spacial score (nSPS) is 28.9. The minimum Gasteiger partial charge on any atom is -0.493 e. The standard InChI is InChI=1S/C29H36O9/c1-16(2)15-35-22(30)9-10-23(31)36-17(3)27(32)37-21-11-13-29(33)19-6-5-12-28(29)24-18(14-19)7-8-20(34-4)25(24)38-26(21)28/h7-8,11,16-17,19,26,33H,5-6,9-10,12-15H2,1-4H3/t17-,19+,26-,28-,29+/m0/s1. The lowest BCUT2D eigenvalue weighted by Crippen LogP contribution is -2.67. The molecule has 0 aromatic heterocycles. The second-order valence-electron chi connectivity index (χ2n) is 11.3. The van der Waals surface area contributed by atoms with Gasteiger partial charge >= 0.3 is 17.9 Å². The highest BCUT2D eigenvalue weighted by Gasteiger charge is 2.71. The monoisotopic (exact) mass is 528 g/mol. The molecule has 1 aliphatic heterocycles. The van der Waals surface area contributed by atoms with Gasteiger partial charge in [0.25, 0.3) is 0 Å². The van der Waals surface area contributed by atoms with E-state index in [0.717, 1.165) is 30.4 Å². The van der Waals surface area contributed by atoms with E-state index in [1.165, 1.54) is 6.92 Å². The number of rotatable bonds is 9. The molecular formula is C29H36O9. The summed E-state index contributed by atoms with van der Waals surface area (Å²) in [6, 6.07) is 3.94. The van der Waals surface area contributed by atoms with Gasteiger partial charge < -0.3 is 28.8 Å². The molecule has 5 atom stereocenters.